The average molecular weight is 601 g/mol. The summed E-state index contributed by atoms with van der Waals surface area (Å²) < 4.78 is 0. The van der Waals surface area contributed by atoms with Crippen molar-refractivity contribution in [2.24, 2.45) is 0 Å². The third kappa shape index (κ3) is 5.34. The second-order valence-electron chi connectivity index (χ2n) is 10.3. The number of H-pyrrole nitrogens is 4. The Morgan fingerprint density at radius 3 is 0.750 bits per heavy atom. The maximum Gasteiger partial charge on any atom is 0.299 e. The van der Waals surface area contributed by atoms with Crippen molar-refractivity contribution in [3.05, 3.63) is 111 Å². The minimum Gasteiger partial charge on any atom is -0.348 e. The third-order valence-corrected chi connectivity index (χ3v) is 7.36. The number of aromatic nitrogens is 4. The highest BCUT2D eigenvalue weighted by Gasteiger charge is 2.22. The van der Waals surface area contributed by atoms with E-state index in [-0.39, 0.29) is 44.1 Å². The summed E-state index contributed by atoms with van der Waals surface area (Å²) in [6, 6.07) is 10.7. The molecule has 0 amide bonds. The number of nitrogens with zero attached hydrogens (tertiary/aromatic N) is 4. The van der Waals surface area contributed by atoms with Gasteiger partial charge >= 0.3 is 0 Å². The quantitative estimate of drug-likeness (QED) is 0.120. The second-order valence-corrected chi connectivity index (χ2v) is 10.3. The number of non-ortho nitro benzene ring substituents is 4. The van der Waals surface area contributed by atoms with Gasteiger partial charge in [-0.1, -0.05) is 0 Å². The molecule has 0 saturated heterocycles. The molecule has 1 heterocycles. The van der Waals surface area contributed by atoms with E-state index in [0.717, 1.165) is 34.4 Å². The van der Waals surface area contributed by atoms with E-state index < -0.39 is 42.4 Å². The summed E-state index contributed by atoms with van der Waals surface area (Å²) in [5, 5.41) is 48.3. The summed E-state index contributed by atoms with van der Waals surface area (Å²) in [6.07, 6.45) is 0. The zero-order valence-electron chi connectivity index (χ0n) is 23.7. The topological polar surface area (TPSA) is 236 Å². The summed E-state index contributed by atoms with van der Waals surface area (Å²) in [4.78, 5) is 57.1. The Kier molecular flexibility index (Phi) is 7.18. The van der Waals surface area contributed by atoms with Gasteiger partial charge in [0, 0.05) is 0 Å². The molecule has 0 fully saturated rings. The van der Waals surface area contributed by atoms with Crippen molar-refractivity contribution in [3.63, 3.8) is 0 Å². The molecule has 5 rings (SSSR count). The number of aryl methyl sites for hydroxylation is 4. The number of nitrogens with one attached hydrogen (secondary N) is 4. The van der Waals surface area contributed by atoms with Gasteiger partial charge in [0.1, 0.15) is 22.1 Å². The van der Waals surface area contributed by atoms with E-state index in [0.29, 0.717) is 0 Å². The highest BCUT2D eigenvalue weighted by atomic mass is 16.6. The number of hydrogen-bond donors (Lipinski definition) is 4. The molecule has 16 nitrogen and oxygen atoms in total. The molecule has 0 aliphatic carbocycles. The molecule has 16 heteroatoms. The Bertz CT molecular complexity index is 1950. The van der Waals surface area contributed by atoms with Gasteiger partial charge in [-0.3, -0.25) is 40.5 Å². The Morgan fingerprint density at radius 1 is 0.364 bits per heavy atom. The summed E-state index contributed by atoms with van der Waals surface area (Å²) >= 11 is 0. The molecule has 4 bridgehead atoms. The van der Waals surface area contributed by atoms with Crippen LogP contribution in [0.15, 0.2) is 48.5 Å². The van der Waals surface area contributed by atoms with Gasteiger partial charge in [0.2, 0.25) is 0 Å². The zero-order chi connectivity index (χ0) is 32.0. The molecule has 0 atom stereocenters. The summed E-state index contributed by atoms with van der Waals surface area (Å²) in [5.41, 5.74) is 1.37. The first kappa shape index (κ1) is 29.2. The SMILES string of the molecule is Cc1cc2[nH]c3cc([nH]c4cc(C)c(C)cc4[nH]c4cc([nH]c2cc1C)c([N+](=O)[O-])cc4[N+](=O)[O-])c([N+](=O)[O-])cc3[N+](=O)[O-]. The van der Waals surface area contributed by atoms with Crippen molar-refractivity contribution in [2.75, 3.05) is 0 Å². The lowest BCUT2D eigenvalue weighted by molar-refractivity contribution is -0.392. The maximum absolute atomic E-state index is 12.1. The highest BCUT2D eigenvalue weighted by molar-refractivity contribution is 5.89. The van der Waals surface area contributed by atoms with Crippen LogP contribution in [0.4, 0.5) is 22.7 Å². The molecular formula is C28H24N8O8. The molecule has 0 saturated carbocycles. The number of fused-ring (bicyclic) bond motifs is 6. The molecule has 44 heavy (non-hydrogen) atoms. The van der Waals surface area contributed by atoms with Gasteiger partial charge in [0.15, 0.2) is 0 Å². The fraction of sp³-hybridized carbons (Fsp3) is 0.143. The van der Waals surface area contributed by atoms with Gasteiger partial charge in [-0.15, -0.1) is 0 Å². The van der Waals surface area contributed by atoms with Crippen LogP contribution < -0.4 is 0 Å². The fourth-order valence-corrected chi connectivity index (χ4v) is 4.79. The van der Waals surface area contributed by atoms with E-state index in [1.165, 1.54) is 12.1 Å². The molecule has 0 aliphatic rings. The van der Waals surface area contributed by atoms with Crippen molar-refractivity contribution in [3.8, 4) is 0 Å². The van der Waals surface area contributed by atoms with E-state index in [2.05, 4.69) is 19.9 Å². The van der Waals surface area contributed by atoms with Gasteiger partial charge in [0.05, 0.1) is 53.9 Å². The van der Waals surface area contributed by atoms with Crippen LogP contribution >= 0.6 is 0 Å². The number of hydrogen-bond acceptors (Lipinski definition) is 8. The van der Waals surface area contributed by atoms with Crippen LogP contribution in [0.1, 0.15) is 22.3 Å². The second kappa shape index (κ2) is 10.8. The van der Waals surface area contributed by atoms with E-state index >= 15 is 0 Å². The number of nitro groups is 4. The molecule has 1 aromatic heterocycles. The Hall–Kier alpha value is -6.32. The predicted octanol–water partition coefficient (Wildman–Crippen LogP) is 7.29. The Balaban J connectivity index is 2.20. The van der Waals surface area contributed by atoms with Crippen molar-refractivity contribution in [1.29, 1.82) is 0 Å². The van der Waals surface area contributed by atoms with Crippen molar-refractivity contribution >= 4 is 66.9 Å². The van der Waals surface area contributed by atoms with E-state index in [1.807, 2.05) is 0 Å². The van der Waals surface area contributed by atoms with Crippen LogP contribution in [0.2, 0.25) is 0 Å². The molecule has 0 spiro atoms. The highest BCUT2D eigenvalue weighted by Crippen LogP contribution is 2.32. The maximum atomic E-state index is 12.1. The Labute approximate surface area is 245 Å². The number of aromatic amines is 4. The minimum atomic E-state index is -0.757. The van der Waals surface area contributed by atoms with Gasteiger partial charge < -0.3 is 19.9 Å². The monoisotopic (exact) mass is 600 g/mol. The lowest BCUT2D eigenvalue weighted by atomic mass is 10.1. The van der Waals surface area contributed by atoms with E-state index in [4.69, 9.17) is 0 Å². The molecule has 4 aromatic carbocycles. The lowest BCUT2D eigenvalue weighted by Gasteiger charge is -2.07. The molecular weight excluding hydrogens is 576 g/mol. The van der Waals surface area contributed by atoms with Gasteiger partial charge in [0.25, 0.3) is 22.7 Å². The fourth-order valence-electron chi connectivity index (χ4n) is 4.79. The first-order valence-corrected chi connectivity index (χ1v) is 13.0. The Morgan fingerprint density at radius 2 is 0.568 bits per heavy atom. The lowest BCUT2D eigenvalue weighted by Crippen LogP contribution is -1.98. The molecule has 0 radical (unpaired) electrons. The normalized spacial score (nSPS) is 11.0. The van der Waals surface area contributed by atoms with Gasteiger partial charge in [-0.05, 0) is 86.3 Å². The smallest absolute Gasteiger partial charge is 0.299 e. The van der Waals surface area contributed by atoms with Crippen molar-refractivity contribution in [1.82, 2.24) is 19.9 Å². The first-order valence-electron chi connectivity index (χ1n) is 13.0. The summed E-state index contributed by atoms with van der Waals surface area (Å²) in [7, 11) is 0. The standard InChI is InChI=1S/C28H24N8O8/c1-13-5-17-18(6-14(13)2)30-22-10-24(28(36(43)44)12-26(22)34(39)40)32-20-8-16(4)15(3)7-19(20)31-23-9-21(29-17)25(33(37)38)11-27(23)35(41)42/h5-12,29-32H,1-4H3. The summed E-state index contributed by atoms with van der Waals surface area (Å²) in [6.45, 7) is 7.16. The molecule has 5 aromatic rings. The third-order valence-electron chi connectivity index (χ3n) is 7.36. The molecule has 0 aliphatic heterocycles. The predicted molar refractivity (Wildman–Crippen MR) is 164 cm³/mol. The molecule has 4 N–H and O–H groups in total. The number of rotatable bonds is 4. The largest absolute Gasteiger partial charge is 0.348 e. The molecule has 0 unspecified atom stereocenters. The number of nitro benzene ring substituents is 4. The van der Waals surface area contributed by atoms with Crippen LogP contribution in [0.25, 0.3) is 44.1 Å². The van der Waals surface area contributed by atoms with Crippen LogP contribution in [0.3, 0.4) is 0 Å². The van der Waals surface area contributed by atoms with Crippen LogP contribution in [-0.2, 0) is 0 Å². The molecule has 224 valence electrons. The average Bonchev–Trinajstić information content (AvgIpc) is 2.93. The minimum absolute atomic E-state index is 0.0938. The van der Waals surface area contributed by atoms with Crippen LogP contribution in [0, 0.1) is 68.2 Å². The van der Waals surface area contributed by atoms with E-state index in [9.17, 15) is 40.5 Å². The van der Waals surface area contributed by atoms with Gasteiger partial charge in [-0.2, -0.15) is 0 Å². The van der Waals surface area contributed by atoms with Crippen molar-refractivity contribution < 1.29 is 19.7 Å². The van der Waals surface area contributed by atoms with Gasteiger partial charge in [-0.25, -0.2) is 0 Å². The van der Waals surface area contributed by atoms with Crippen LogP contribution in [0.5, 0.6) is 0 Å². The zero-order valence-corrected chi connectivity index (χ0v) is 23.7. The van der Waals surface area contributed by atoms with E-state index in [1.54, 1.807) is 52.0 Å². The van der Waals surface area contributed by atoms with Crippen molar-refractivity contribution in [2.45, 2.75) is 27.7 Å². The van der Waals surface area contributed by atoms with Crippen LogP contribution in [-0.4, -0.2) is 39.6 Å². The summed E-state index contributed by atoms with van der Waals surface area (Å²) in [5.74, 6) is 0. The number of benzene rings is 4. The first-order chi connectivity index (χ1) is 20.7.